The number of hydrogen-bond donors (Lipinski definition) is 1. The zero-order valence-electron chi connectivity index (χ0n) is 21.8. The van der Waals surface area contributed by atoms with Crippen molar-refractivity contribution in [2.45, 2.75) is 112 Å². The van der Waals surface area contributed by atoms with Gasteiger partial charge in [-0.2, -0.15) is 0 Å². The van der Waals surface area contributed by atoms with Crippen LogP contribution in [-0.2, 0) is 4.74 Å². The molecule has 2 bridgehead atoms. The summed E-state index contributed by atoms with van der Waals surface area (Å²) in [7, 11) is 0. The largest absolute Gasteiger partial charge is 0.388 e. The van der Waals surface area contributed by atoms with Crippen LogP contribution in [0.15, 0.2) is 12.2 Å². The molecule has 6 aliphatic rings. The normalized spacial score (nSPS) is 59.5. The van der Waals surface area contributed by atoms with E-state index < -0.39 is 0 Å². The van der Waals surface area contributed by atoms with Crippen LogP contribution in [0.4, 0.5) is 0 Å². The highest BCUT2D eigenvalue weighted by Crippen LogP contribution is 2.77. The van der Waals surface area contributed by atoms with Gasteiger partial charge in [-0.25, -0.2) is 0 Å². The van der Waals surface area contributed by atoms with Gasteiger partial charge in [-0.05, 0) is 102 Å². The van der Waals surface area contributed by atoms with Crippen LogP contribution in [0.3, 0.4) is 0 Å². The molecule has 0 radical (unpaired) electrons. The van der Waals surface area contributed by atoms with Crippen molar-refractivity contribution in [3.05, 3.63) is 12.2 Å². The van der Waals surface area contributed by atoms with Crippen LogP contribution in [-0.4, -0.2) is 23.9 Å². The third-order valence-corrected chi connectivity index (χ3v) is 13.6. The third-order valence-electron chi connectivity index (χ3n) is 13.6. The molecule has 6 rings (SSSR count). The van der Waals surface area contributed by atoms with Crippen molar-refractivity contribution in [1.29, 1.82) is 0 Å². The van der Waals surface area contributed by atoms with Crippen molar-refractivity contribution >= 4 is 0 Å². The zero-order chi connectivity index (χ0) is 22.9. The number of rotatable bonds is 0. The molecular weight excluding hydrogens is 392 g/mol. The fourth-order valence-corrected chi connectivity index (χ4v) is 11.5. The Bertz CT molecular complexity index is 842. The van der Waals surface area contributed by atoms with Crippen molar-refractivity contribution in [2.24, 2.45) is 56.2 Å². The first-order chi connectivity index (χ1) is 14.8. The van der Waals surface area contributed by atoms with E-state index in [-0.39, 0.29) is 16.9 Å². The Morgan fingerprint density at radius 2 is 1.50 bits per heavy atom. The summed E-state index contributed by atoms with van der Waals surface area (Å²) in [6.07, 6.45) is 15.3. The first-order valence-electron chi connectivity index (χ1n) is 13.8. The number of aliphatic hydroxyl groups is 1. The number of aliphatic hydroxyl groups excluding tert-OH is 1. The SMILES string of the molecule is CC1(C)C=C[C@@H](O)[C@]2(C)[C@H]3CC[C@@H]4[C@H]5[C@H]6OC[C@@]5(CCC6(C)C)CC[C@@]4(C)[C@]3(C)CC[C@@H]12. The van der Waals surface area contributed by atoms with Gasteiger partial charge >= 0.3 is 0 Å². The molecule has 0 spiro atoms. The van der Waals surface area contributed by atoms with E-state index in [2.05, 4.69) is 60.6 Å². The van der Waals surface area contributed by atoms with Gasteiger partial charge in [0.2, 0.25) is 0 Å². The lowest BCUT2D eigenvalue weighted by Crippen LogP contribution is -2.68. The summed E-state index contributed by atoms with van der Waals surface area (Å²) in [6.45, 7) is 18.6. The highest BCUT2D eigenvalue weighted by Gasteiger charge is 2.73. The van der Waals surface area contributed by atoms with Crippen molar-refractivity contribution in [2.75, 3.05) is 6.61 Å². The molecule has 0 aromatic carbocycles. The molecule has 180 valence electrons. The average molecular weight is 441 g/mol. The van der Waals surface area contributed by atoms with E-state index in [1.165, 1.54) is 51.4 Å². The predicted molar refractivity (Wildman–Crippen MR) is 130 cm³/mol. The Morgan fingerprint density at radius 1 is 0.781 bits per heavy atom. The first kappa shape index (κ1) is 22.1. The topological polar surface area (TPSA) is 29.5 Å². The molecule has 0 aromatic rings. The maximum Gasteiger partial charge on any atom is 0.0780 e. The summed E-state index contributed by atoms with van der Waals surface area (Å²) >= 11 is 0. The summed E-state index contributed by atoms with van der Waals surface area (Å²) in [6, 6.07) is 0. The molecule has 2 heteroatoms. The number of ether oxygens (including phenoxy) is 1. The van der Waals surface area contributed by atoms with Crippen LogP contribution in [0.1, 0.15) is 99.8 Å². The minimum absolute atomic E-state index is 0.00428. The molecule has 0 aromatic heterocycles. The monoisotopic (exact) mass is 440 g/mol. The van der Waals surface area contributed by atoms with Crippen LogP contribution < -0.4 is 0 Å². The minimum atomic E-state index is -0.298. The van der Waals surface area contributed by atoms with Gasteiger partial charge in [0.25, 0.3) is 0 Å². The second-order valence-electron chi connectivity index (χ2n) is 15.3. The summed E-state index contributed by atoms with van der Waals surface area (Å²) in [5.41, 5.74) is 1.64. The minimum Gasteiger partial charge on any atom is -0.388 e. The molecule has 4 saturated carbocycles. The van der Waals surface area contributed by atoms with Gasteiger partial charge in [0, 0.05) is 5.41 Å². The van der Waals surface area contributed by atoms with Gasteiger partial charge < -0.3 is 9.84 Å². The lowest BCUT2D eigenvalue weighted by atomic mass is 9.31. The Hall–Kier alpha value is -0.340. The van der Waals surface area contributed by atoms with Crippen LogP contribution >= 0.6 is 0 Å². The lowest BCUT2D eigenvalue weighted by molar-refractivity contribution is -0.248. The third kappa shape index (κ3) is 2.36. The van der Waals surface area contributed by atoms with Crippen molar-refractivity contribution < 1.29 is 9.84 Å². The van der Waals surface area contributed by atoms with Gasteiger partial charge in [0.1, 0.15) is 0 Å². The lowest BCUT2D eigenvalue weighted by Gasteiger charge is -2.73. The van der Waals surface area contributed by atoms with Gasteiger partial charge in [-0.15, -0.1) is 0 Å². The molecule has 1 N–H and O–H groups in total. The highest BCUT2D eigenvalue weighted by molar-refractivity contribution is 5.25. The molecule has 1 heterocycles. The Morgan fingerprint density at radius 3 is 2.25 bits per heavy atom. The van der Waals surface area contributed by atoms with E-state index in [0.717, 1.165) is 18.4 Å². The Labute approximate surface area is 197 Å². The van der Waals surface area contributed by atoms with Gasteiger partial charge in [0.05, 0.1) is 18.8 Å². The van der Waals surface area contributed by atoms with Crippen LogP contribution in [0, 0.1) is 56.2 Å². The Kier molecular flexibility index (Phi) is 4.33. The summed E-state index contributed by atoms with van der Waals surface area (Å²) < 4.78 is 6.69. The van der Waals surface area contributed by atoms with E-state index in [4.69, 9.17) is 4.74 Å². The molecule has 5 aliphatic carbocycles. The van der Waals surface area contributed by atoms with Crippen molar-refractivity contribution in [3.63, 3.8) is 0 Å². The molecule has 0 amide bonds. The second-order valence-corrected chi connectivity index (χ2v) is 15.3. The number of allylic oxidation sites excluding steroid dienone is 1. The molecule has 1 aliphatic heterocycles. The second kappa shape index (κ2) is 6.26. The van der Waals surface area contributed by atoms with E-state index in [1.807, 2.05) is 0 Å². The predicted octanol–water partition coefficient (Wildman–Crippen LogP) is 7.01. The molecule has 2 nitrogen and oxygen atoms in total. The first-order valence-corrected chi connectivity index (χ1v) is 13.8. The fourth-order valence-electron chi connectivity index (χ4n) is 11.5. The quantitative estimate of drug-likeness (QED) is 0.410. The van der Waals surface area contributed by atoms with E-state index in [0.29, 0.717) is 39.6 Å². The highest BCUT2D eigenvalue weighted by atomic mass is 16.5. The van der Waals surface area contributed by atoms with Gasteiger partial charge in [0.15, 0.2) is 0 Å². The van der Waals surface area contributed by atoms with E-state index in [1.54, 1.807) is 0 Å². The van der Waals surface area contributed by atoms with Gasteiger partial charge in [-0.1, -0.05) is 60.6 Å². The Balaban J connectivity index is 1.42. The summed E-state index contributed by atoms with van der Waals surface area (Å²) in [5.74, 6) is 2.73. The summed E-state index contributed by atoms with van der Waals surface area (Å²) in [5, 5.41) is 11.5. The fraction of sp³-hybridized carbons (Fsp3) is 0.933. The van der Waals surface area contributed by atoms with Crippen LogP contribution in [0.5, 0.6) is 0 Å². The molecule has 0 unspecified atom stereocenters. The van der Waals surface area contributed by atoms with E-state index >= 15 is 0 Å². The molecule has 10 atom stereocenters. The van der Waals surface area contributed by atoms with Crippen molar-refractivity contribution in [1.82, 2.24) is 0 Å². The maximum atomic E-state index is 11.5. The molecule has 5 fully saturated rings. The standard InChI is InChI=1S/C30H48O2/c1-25(2)12-11-22(31)29(7)20(25)10-13-28(6)21(29)9-8-19-23-24-26(3,4)14-16-30(23,18-32-24)17-15-27(19,28)5/h11-12,19-24,31H,8-10,13-18H2,1-7H3/t19-,20+,21+,22-,23+,24-,27-,28-,29+,30-/m1/s1. The zero-order valence-corrected chi connectivity index (χ0v) is 21.8. The van der Waals surface area contributed by atoms with Crippen LogP contribution in [0.25, 0.3) is 0 Å². The maximum absolute atomic E-state index is 11.5. The molecule has 1 saturated heterocycles. The van der Waals surface area contributed by atoms with E-state index in [9.17, 15) is 5.11 Å². The number of hydrogen-bond acceptors (Lipinski definition) is 2. The average Bonchev–Trinajstić information content (AvgIpc) is 3.05. The molecular formula is C30H48O2. The van der Waals surface area contributed by atoms with Gasteiger partial charge in [-0.3, -0.25) is 0 Å². The summed E-state index contributed by atoms with van der Waals surface area (Å²) in [4.78, 5) is 0. The smallest absolute Gasteiger partial charge is 0.0780 e. The molecule has 32 heavy (non-hydrogen) atoms. The van der Waals surface area contributed by atoms with Crippen LogP contribution in [0.2, 0.25) is 0 Å². The number of fused-ring (bicyclic) bond motifs is 5. The van der Waals surface area contributed by atoms with Crippen molar-refractivity contribution in [3.8, 4) is 0 Å².